The fourth-order valence-corrected chi connectivity index (χ4v) is 2.08. The van der Waals surface area contributed by atoms with Crippen LogP contribution < -0.4 is 10.6 Å². The summed E-state index contributed by atoms with van der Waals surface area (Å²) in [5, 5.41) is 14.4. The molecule has 0 spiro atoms. The van der Waals surface area contributed by atoms with Gasteiger partial charge in [0.1, 0.15) is 0 Å². The second-order valence-corrected chi connectivity index (χ2v) is 5.65. The molecule has 1 aromatic heterocycles. The van der Waals surface area contributed by atoms with Crippen LogP contribution in [0.25, 0.3) is 0 Å². The van der Waals surface area contributed by atoms with Crippen molar-refractivity contribution in [2.24, 2.45) is 0 Å². The number of carbonyl (C=O) groups excluding carboxylic acids is 2. The Kier molecular flexibility index (Phi) is 6.34. The average molecular weight is 357 g/mol. The molecule has 2 rings (SSSR count). The summed E-state index contributed by atoms with van der Waals surface area (Å²) >= 11 is 0. The van der Waals surface area contributed by atoms with Crippen LogP contribution in [0, 0.1) is 0 Å². The highest BCUT2D eigenvalue weighted by Gasteiger charge is 2.19. The van der Waals surface area contributed by atoms with E-state index in [1.54, 1.807) is 18.2 Å². The van der Waals surface area contributed by atoms with Crippen LogP contribution in [0.5, 0.6) is 0 Å². The molecule has 0 aliphatic carbocycles. The van der Waals surface area contributed by atoms with Crippen molar-refractivity contribution >= 4 is 23.5 Å². The van der Waals surface area contributed by atoms with Crippen LogP contribution in [0.3, 0.4) is 0 Å². The third-order valence-electron chi connectivity index (χ3n) is 3.34. The number of benzene rings is 1. The second-order valence-electron chi connectivity index (χ2n) is 5.65. The molecule has 0 aliphatic heterocycles. The van der Waals surface area contributed by atoms with Gasteiger partial charge < -0.3 is 20.6 Å². The van der Waals surface area contributed by atoms with Gasteiger partial charge in [-0.3, -0.25) is 9.59 Å². The molecule has 0 bridgehead atoms. The number of hydrogen-bond acceptors (Lipinski definition) is 6. The molecule has 3 N–H and O–H groups in total. The Bertz CT molecular complexity index is 822. The third-order valence-corrected chi connectivity index (χ3v) is 3.34. The van der Waals surface area contributed by atoms with Crippen molar-refractivity contribution in [2.45, 2.75) is 0 Å². The molecule has 1 aromatic carbocycles. The maximum absolute atomic E-state index is 12.3. The van der Waals surface area contributed by atoms with Gasteiger partial charge in [0, 0.05) is 36.7 Å². The number of nitrogens with one attached hydrogen (secondary N) is 2. The number of amides is 2. The number of anilines is 1. The van der Waals surface area contributed by atoms with Gasteiger partial charge in [-0.2, -0.15) is 0 Å². The van der Waals surface area contributed by atoms with E-state index in [4.69, 9.17) is 5.11 Å². The van der Waals surface area contributed by atoms with Gasteiger partial charge in [0.05, 0.1) is 0 Å². The normalized spacial score (nSPS) is 10.4. The van der Waals surface area contributed by atoms with Crippen molar-refractivity contribution in [3.05, 3.63) is 53.6 Å². The van der Waals surface area contributed by atoms with Crippen molar-refractivity contribution in [1.29, 1.82) is 0 Å². The van der Waals surface area contributed by atoms with E-state index in [0.717, 1.165) is 0 Å². The van der Waals surface area contributed by atoms with E-state index in [9.17, 15) is 14.4 Å². The van der Waals surface area contributed by atoms with Gasteiger partial charge in [0.15, 0.2) is 11.4 Å². The van der Waals surface area contributed by atoms with Gasteiger partial charge >= 0.3 is 5.97 Å². The van der Waals surface area contributed by atoms with Crippen molar-refractivity contribution < 1.29 is 19.5 Å². The standard InChI is InChI=1S/C17H19N5O4/c1-22(2)9-8-20-15(23)11-4-3-5-12(10-11)21-16(24)13-14(17(25)26)19-7-6-18-13/h3-7,10H,8-9H2,1-2H3,(H,20,23)(H,21,24)(H,25,26). The molecule has 0 radical (unpaired) electrons. The minimum Gasteiger partial charge on any atom is -0.476 e. The summed E-state index contributed by atoms with van der Waals surface area (Å²) in [6.45, 7) is 1.19. The molecule has 0 fully saturated rings. The number of aromatic carboxylic acids is 1. The van der Waals surface area contributed by atoms with Crippen LogP contribution in [0.1, 0.15) is 31.3 Å². The molecular weight excluding hydrogens is 338 g/mol. The number of rotatable bonds is 7. The topological polar surface area (TPSA) is 125 Å². The molecule has 0 saturated heterocycles. The molecule has 2 aromatic rings. The van der Waals surface area contributed by atoms with E-state index in [1.165, 1.54) is 18.5 Å². The van der Waals surface area contributed by atoms with E-state index < -0.39 is 17.6 Å². The lowest BCUT2D eigenvalue weighted by atomic mass is 10.2. The molecular formula is C17H19N5O4. The molecule has 26 heavy (non-hydrogen) atoms. The SMILES string of the molecule is CN(C)CCNC(=O)c1cccc(NC(=O)c2nccnc2C(=O)O)c1. The highest BCUT2D eigenvalue weighted by molar-refractivity contribution is 6.08. The maximum atomic E-state index is 12.3. The van der Waals surface area contributed by atoms with Gasteiger partial charge in [-0.1, -0.05) is 6.07 Å². The summed E-state index contributed by atoms with van der Waals surface area (Å²) in [5.74, 6) is -2.34. The number of carboxylic acid groups (broad SMARTS) is 1. The van der Waals surface area contributed by atoms with Crippen molar-refractivity contribution in [3.63, 3.8) is 0 Å². The Morgan fingerprint density at radius 1 is 1.08 bits per heavy atom. The van der Waals surface area contributed by atoms with Crippen molar-refractivity contribution in [2.75, 3.05) is 32.5 Å². The van der Waals surface area contributed by atoms with Gasteiger partial charge in [-0.15, -0.1) is 0 Å². The average Bonchev–Trinajstić information content (AvgIpc) is 2.61. The lowest BCUT2D eigenvalue weighted by Crippen LogP contribution is -2.31. The third kappa shape index (κ3) is 5.08. The highest BCUT2D eigenvalue weighted by Crippen LogP contribution is 2.13. The summed E-state index contributed by atoms with van der Waals surface area (Å²) in [5.41, 5.74) is -0.0279. The lowest BCUT2D eigenvalue weighted by molar-refractivity contribution is 0.0684. The molecule has 136 valence electrons. The zero-order valence-corrected chi connectivity index (χ0v) is 14.4. The first-order valence-corrected chi connectivity index (χ1v) is 7.77. The molecule has 0 saturated carbocycles. The fourth-order valence-electron chi connectivity index (χ4n) is 2.08. The Labute approximate surface area is 150 Å². The molecule has 0 aliphatic rings. The number of aromatic nitrogens is 2. The van der Waals surface area contributed by atoms with Crippen LogP contribution in [-0.2, 0) is 0 Å². The summed E-state index contributed by atoms with van der Waals surface area (Å²) in [4.78, 5) is 44.9. The lowest BCUT2D eigenvalue weighted by Gasteiger charge is -2.11. The molecule has 2 amide bonds. The monoisotopic (exact) mass is 357 g/mol. The van der Waals surface area contributed by atoms with Gasteiger partial charge in [0.25, 0.3) is 11.8 Å². The molecule has 9 nitrogen and oxygen atoms in total. The van der Waals surface area contributed by atoms with Crippen LogP contribution in [-0.4, -0.2) is 64.9 Å². The van der Waals surface area contributed by atoms with Gasteiger partial charge in [-0.05, 0) is 32.3 Å². The number of carboxylic acids is 1. The smallest absolute Gasteiger partial charge is 0.356 e. The summed E-state index contributed by atoms with van der Waals surface area (Å²) < 4.78 is 0. The molecule has 0 unspecified atom stereocenters. The summed E-state index contributed by atoms with van der Waals surface area (Å²) in [7, 11) is 3.81. The first-order valence-electron chi connectivity index (χ1n) is 7.77. The Hall–Kier alpha value is -3.33. The van der Waals surface area contributed by atoms with Crippen molar-refractivity contribution in [1.82, 2.24) is 20.2 Å². The fraction of sp³-hybridized carbons (Fsp3) is 0.235. The first-order chi connectivity index (χ1) is 12.4. The maximum Gasteiger partial charge on any atom is 0.356 e. The second kappa shape index (κ2) is 8.67. The van der Waals surface area contributed by atoms with Crippen LogP contribution in [0.4, 0.5) is 5.69 Å². The molecule has 0 atom stereocenters. The highest BCUT2D eigenvalue weighted by atomic mass is 16.4. The quantitative estimate of drug-likeness (QED) is 0.667. The van der Waals surface area contributed by atoms with Crippen LogP contribution in [0.2, 0.25) is 0 Å². The van der Waals surface area contributed by atoms with Crippen LogP contribution in [0.15, 0.2) is 36.7 Å². The van der Waals surface area contributed by atoms with E-state index >= 15 is 0 Å². The summed E-state index contributed by atoms with van der Waals surface area (Å²) in [6.07, 6.45) is 2.43. The number of carbonyl (C=O) groups is 3. The minimum atomic E-state index is -1.35. The first kappa shape index (κ1) is 19.0. The van der Waals surface area contributed by atoms with Crippen molar-refractivity contribution in [3.8, 4) is 0 Å². The van der Waals surface area contributed by atoms with E-state index in [0.29, 0.717) is 24.3 Å². The Balaban J connectivity index is 2.10. The number of nitrogens with zero attached hydrogens (tertiary/aromatic N) is 3. The molecule has 9 heteroatoms. The zero-order valence-electron chi connectivity index (χ0n) is 14.4. The minimum absolute atomic E-state index is 0.270. The predicted octanol–water partition coefficient (Wildman–Crippen LogP) is 0.718. The van der Waals surface area contributed by atoms with Gasteiger partial charge in [0.2, 0.25) is 0 Å². The van der Waals surface area contributed by atoms with E-state index in [2.05, 4.69) is 20.6 Å². The summed E-state index contributed by atoms with van der Waals surface area (Å²) in [6, 6.07) is 6.32. The zero-order chi connectivity index (χ0) is 19.1. The largest absolute Gasteiger partial charge is 0.476 e. The van der Waals surface area contributed by atoms with E-state index in [1.807, 2.05) is 19.0 Å². The number of hydrogen-bond donors (Lipinski definition) is 3. The van der Waals surface area contributed by atoms with E-state index in [-0.39, 0.29) is 11.6 Å². The van der Waals surface area contributed by atoms with Gasteiger partial charge in [-0.25, -0.2) is 14.8 Å². The molecule has 1 heterocycles. The Morgan fingerprint density at radius 3 is 2.42 bits per heavy atom. The predicted molar refractivity (Wildman–Crippen MR) is 94.3 cm³/mol. The van der Waals surface area contributed by atoms with Crippen LogP contribution >= 0.6 is 0 Å². The number of likely N-dealkylation sites (N-methyl/N-ethyl adjacent to an activating group) is 1. The Morgan fingerprint density at radius 2 is 1.77 bits per heavy atom.